The number of hydrogen-bond acceptors (Lipinski definition) is 2. The first-order valence-corrected chi connectivity index (χ1v) is 5.72. The van der Waals surface area contributed by atoms with Crippen LogP contribution in [0.3, 0.4) is 0 Å². The highest BCUT2D eigenvalue weighted by Gasteiger charge is 2.44. The Morgan fingerprint density at radius 2 is 1.00 bits per heavy atom. The molecule has 0 radical (unpaired) electrons. The Hall–Kier alpha value is -0.830. The van der Waals surface area contributed by atoms with E-state index in [1.54, 1.807) is 0 Å². The van der Waals surface area contributed by atoms with Gasteiger partial charge in [0.2, 0.25) is 9.84 Å². The summed E-state index contributed by atoms with van der Waals surface area (Å²) in [4.78, 5) is 1.15. The number of fused-ring (bicyclic) bond motifs is 1. The molecule has 0 amide bonds. The molecule has 0 aliphatic carbocycles. The van der Waals surface area contributed by atoms with Gasteiger partial charge in [-0.1, -0.05) is 0 Å². The molecule has 13 heavy (non-hydrogen) atoms. The van der Waals surface area contributed by atoms with Crippen LogP contribution in [0.5, 0.6) is 0 Å². The molecule has 1 aromatic rings. The van der Waals surface area contributed by atoms with Gasteiger partial charge in [0.15, 0.2) is 0 Å². The van der Waals surface area contributed by atoms with Crippen LogP contribution in [-0.2, 0) is 9.84 Å². The number of sulfone groups is 1. The molecule has 70 valence electrons. The third-order valence-electron chi connectivity index (χ3n) is 3.07. The van der Waals surface area contributed by atoms with Crippen molar-refractivity contribution < 1.29 is 8.42 Å². The molecule has 0 bridgehead atoms. The van der Waals surface area contributed by atoms with Crippen LogP contribution in [0.15, 0.2) is 9.79 Å². The lowest BCUT2D eigenvalue weighted by Gasteiger charge is -2.03. The van der Waals surface area contributed by atoms with Gasteiger partial charge in [0.1, 0.15) is 0 Å². The maximum Gasteiger partial charge on any atom is 0.209 e. The van der Waals surface area contributed by atoms with Crippen molar-refractivity contribution in [1.82, 2.24) is 0 Å². The fourth-order valence-electron chi connectivity index (χ4n) is 1.84. The summed E-state index contributed by atoms with van der Waals surface area (Å²) in [6.45, 7) is 7.72. The average Bonchev–Trinajstić information content (AvgIpc) is 2.62. The van der Waals surface area contributed by atoms with Gasteiger partial charge in [0.25, 0.3) is 0 Å². The van der Waals surface area contributed by atoms with Crippen LogP contribution in [-0.4, -0.2) is 8.42 Å². The van der Waals surface area contributed by atoms with Gasteiger partial charge in [-0.3, -0.25) is 0 Å². The average molecular weight is 196 g/mol. The number of rotatable bonds is 0. The Kier molecular flexibility index (Phi) is 1.45. The van der Waals surface area contributed by atoms with Gasteiger partial charge in [-0.15, -0.1) is 0 Å². The maximum absolute atomic E-state index is 11.5. The second-order valence-corrected chi connectivity index (χ2v) is 5.49. The quantitative estimate of drug-likeness (QED) is 0.604. The van der Waals surface area contributed by atoms with Gasteiger partial charge >= 0.3 is 0 Å². The smallest absolute Gasteiger partial charge is 0.209 e. The Labute approximate surface area is 78.5 Å². The van der Waals surface area contributed by atoms with Gasteiger partial charge in [-0.25, -0.2) is 8.42 Å². The highest BCUT2D eigenvalue weighted by Crippen LogP contribution is 2.47. The van der Waals surface area contributed by atoms with E-state index in [1.807, 2.05) is 27.7 Å². The Bertz CT molecular complexity index is 469. The lowest BCUT2D eigenvalue weighted by molar-refractivity contribution is 0.611. The largest absolute Gasteiger partial charge is 0.218 e. The molecule has 0 saturated heterocycles. The van der Waals surface area contributed by atoms with Crippen LogP contribution in [0, 0.1) is 27.7 Å². The minimum atomic E-state index is -2.98. The van der Waals surface area contributed by atoms with Crippen molar-refractivity contribution in [3.05, 3.63) is 22.3 Å². The molecule has 0 unspecified atom stereocenters. The van der Waals surface area contributed by atoms with Gasteiger partial charge in [0, 0.05) is 0 Å². The van der Waals surface area contributed by atoms with Gasteiger partial charge in [-0.05, 0) is 49.9 Å². The molecule has 1 aromatic carbocycles. The summed E-state index contributed by atoms with van der Waals surface area (Å²) in [6, 6.07) is 0. The first kappa shape index (κ1) is 8.75. The predicted molar refractivity (Wildman–Crippen MR) is 50.8 cm³/mol. The number of benzene rings is 1. The first-order chi connectivity index (χ1) is 5.89. The molecule has 2 nitrogen and oxygen atoms in total. The third-order valence-corrected chi connectivity index (χ3v) is 4.96. The summed E-state index contributed by atoms with van der Waals surface area (Å²) >= 11 is 0. The van der Waals surface area contributed by atoms with Gasteiger partial charge in [-0.2, -0.15) is 0 Å². The van der Waals surface area contributed by atoms with E-state index in [0.29, 0.717) is 9.79 Å². The zero-order valence-electron chi connectivity index (χ0n) is 8.22. The van der Waals surface area contributed by atoms with Crippen molar-refractivity contribution in [3.8, 4) is 0 Å². The fourth-order valence-corrected chi connectivity index (χ4v) is 3.85. The van der Waals surface area contributed by atoms with E-state index in [2.05, 4.69) is 0 Å². The highest BCUT2D eigenvalue weighted by atomic mass is 32.2. The molecule has 2 rings (SSSR count). The molecule has 0 atom stereocenters. The predicted octanol–water partition coefficient (Wildman–Crippen LogP) is 2.07. The Morgan fingerprint density at radius 3 is 1.31 bits per heavy atom. The maximum atomic E-state index is 11.5. The molecule has 1 aliphatic rings. The van der Waals surface area contributed by atoms with E-state index in [0.717, 1.165) is 22.3 Å². The SMILES string of the molecule is Cc1c(C)c(C)c2c(c1C)S2(=O)=O. The molecule has 3 heteroatoms. The molecule has 0 N–H and O–H groups in total. The van der Waals surface area contributed by atoms with E-state index in [1.165, 1.54) is 0 Å². The van der Waals surface area contributed by atoms with Crippen molar-refractivity contribution in [2.75, 3.05) is 0 Å². The molecule has 1 heterocycles. The molecular formula is C10H12O2S. The normalized spacial score (nSPS) is 16.9. The van der Waals surface area contributed by atoms with Crippen LogP contribution in [0.1, 0.15) is 22.3 Å². The van der Waals surface area contributed by atoms with E-state index in [-0.39, 0.29) is 0 Å². The summed E-state index contributed by atoms with van der Waals surface area (Å²) in [6.07, 6.45) is 0. The zero-order valence-corrected chi connectivity index (χ0v) is 9.04. The highest BCUT2D eigenvalue weighted by molar-refractivity contribution is 7.97. The van der Waals surface area contributed by atoms with Crippen molar-refractivity contribution >= 4 is 9.84 Å². The second kappa shape index (κ2) is 2.15. The lowest BCUT2D eigenvalue weighted by Crippen LogP contribution is -1.88. The molecule has 1 aliphatic heterocycles. The van der Waals surface area contributed by atoms with Gasteiger partial charge in [0.05, 0.1) is 9.79 Å². The summed E-state index contributed by atoms with van der Waals surface area (Å²) in [7, 11) is -2.98. The second-order valence-electron chi connectivity index (χ2n) is 3.66. The molecule has 0 fully saturated rings. The van der Waals surface area contributed by atoms with Crippen LogP contribution in [0.4, 0.5) is 0 Å². The van der Waals surface area contributed by atoms with Crippen LogP contribution in [0.2, 0.25) is 0 Å². The lowest BCUT2D eigenvalue weighted by atomic mass is 10.0. The van der Waals surface area contributed by atoms with Crippen molar-refractivity contribution in [1.29, 1.82) is 0 Å². The Morgan fingerprint density at radius 1 is 0.692 bits per heavy atom. The van der Waals surface area contributed by atoms with E-state index < -0.39 is 9.84 Å². The van der Waals surface area contributed by atoms with Crippen LogP contribution >= 0.6 is 0 Å². The standard InChI is InChI=1S/C10H12O2S/c1-5-6(2)8(4)10-9(7(5)3)13(10,11)12/h1-4H3. The summed E-state index contributed by atoms with van der Waals surface area (Å²) in [5.41, 5.74) is 4.07. The minimum absolute atomic E-state index is 0.577. The summed E-state index contributed by atoms with van der Waals surface area (Å²) < 4.78 is 23.0. The molecule has 0 saturated carbocycles. The van der Waals surface area contributed by atoms with E-state index in [9.17, 15) is 8.42 Å². The first-order valence-electron chi connectivity index (χ1n) is 4.24. The Balaban J connectivity index is 2.95. The molecule has 0 spiro atoms. The van der Waals surface area contributed by atoms with Crippen molar-refractivity contribution in [2.24, 2.45) is 0 Å². The topological polar surface area (TPSA) is 34.1 Å². The minimum Gasteiger partial charge on any atom is -0.218 e. The summed E-state index contributed by atoms with van der Waals surface area (Å²) in [5.74, 6) is 0. The van der Waals surface area contributed by atoms with Crippen molar-refractivity contribution in [3.63, 3.8) is 0 Å². The van der Waals surface area contributed by atoms with E-state index >= 15 is 0 Å². The molecule has 0 aromatic heterocycles. The number of hydrogen-bond donors (Lipinski definition) is 0. The third kappa shape index (κ3) is 0.854. The van der Waals surface area contributed by atoms with E-state index in [4.69, 9.17) is 0 Å². The molecular weight excluding hydrogens is 184 g/mol. The van der Waals surface area contributed by atoms with Gasteiger partial charge < -0.3 is 0 Å². The monoisotopic (exact) mass is 196 g/mol. The fraction of sp³-hybridized carbons (Fsp3) is 0.400. The van der Waals surface area contributed by atoms with Crippen LogP contribution < -0.4 is 0 Å². The van der Waals surface area contributed by atoms with Crippen molar-refractivity contribution in [2.45, 2.75) is 37.5 Å². The summed E-state index contributed by atoms with van der Waals surface area (Å²) in [5, 5.41) is 0. The zero-order chi connectivity index (χ0) is 9.96. The van der Waals surface area contributed by atoms with Crippen LogP contribution in [0.25, 0.3) is 0 Å².